The van der Waals surface area contributed by atoms with Crippen LogP contribution in [0.5, 0.6) is 11.5 Å². The lowest BCUT2D eigenvalue weighted by Gasteiger charge is -2.29. The van der Waals surface area contributed by atoms with E-state index in [9.17, 15) is 0 Å². The largest absolute Gasteiger partial charge is 0.465 e. The third-order valence-electron chi connectivity index (χ3n) is 7.87. The first-order valence-electron chi connectivity index (χ1n) is 13.8. The molecule has 3 fully saturated rings. The second-order valence-electron chi connectivity index (χ2n) is 11.6. The number of ether oxygens (including phenoxy) is 6. The van der Waals surface area contributed by atoms with Crippen molar-refractivity contribution in [3.05, 3.63) is 59.2 Å². The maximum Gasteiger partial charge on any atom is 0.197 e. The van der Waals surface area contributed by atoms with Gasteiger partial charge in [0.1, 0.15) is 22.7 Å². The van der Waals surface area contributed by atoms with E-state index in [0.717, 1.165) is 30.3 Å². The number of hydrogen-bond acceptors (Lipinski definition) is 6. The van der Waals surface area contributed by atoms with Crippen LogP contribution in [0, 0.1) is 6.92 Å². The molecule has 0 radical (unpaired) electrons. The number of rotatable bonds is 12. The van der Waals surface area contributed by atoms with E-state index in [0.29, 0.717) is 25.0 Å². The van der Waals surface area contributed by atoms with Crippen molar-refractivity contribution < 1.29 is 28.4 Å². The number of benzene rings is 2. The fourth-order valence-corrected chi connectivity index (χ4v) is 5.08. The van der Waals surface area contributed by atoms with Crippen molar-refractivity contribution in [2.24, 2.45) is 0 Å². The van der Waals surface area contributed by atoms with E-state index in [-0.39, 0.29) is 23.8 Å². The van der Waals surface area contributed by atoms with E-state index in [2.05, 4.69) is 63.2 Å². The van der Waals surface area contributed by atoms with Gasteiger partial charge in [-0.15, -0.1) is 0 Å². The summed E-state index contributed by atoms with van der Waals surface area (Å²) < 4.78 is 34.3. The minimum absolute atomic E-state index is 0.119. The van der Waals surface area contributed by atoms with Gasteiger partial charge in [0, 0.05) is 0 Å². The van der Waals surface area contributed by atoms with Crippen LogP contribution < -0.4 is 9.47 Å². The lowest BCUT2D eigenvalue weighted by atomic mass is 9.76. The molecule has 2 saturated heterocycles. The van der Waals surface area contributed by atoms with E-state index in [1.165, 1.54) is 36.8 Å². The molecule has 2 heterocycles. The molecule has 4 atom stereocenters. The summed E-state index contributed by atoms with van der Waals surface area (Å²) in [6.45, 7) is 12.8. The molecule has 2 aromatic rings. The van der Waals surface area contributed by atoms with Gasteiger partial charge in [-0.3, -0.25) is 0 Å². The second-order valence-corrected chi connectivity index (χ2v) is 11.6. The van der Waals surface area contributed by atoms with Crippen molar-refractivity contribution in [1.29, 1.82) is 0 Å². The van der Waals surface area contributed by atoms with Gasteiger partial charge in [-0.05, 0) is 107 Å². The molecule has 202 valence electrons. The van der Waals surface area contributed by atoms with Gasteiger partial charge < -0.3 is 28.4 Å². The molecular formula is C31H42O6. The van der Waals surface area contributed by atoms with Crippen LogP contribution in [0.4, 0.5) is 0 Å². The molecule has 0 amide bonds. The van der Waals surface area contributed by atoms with Crippen LogP contribution in [0.2, 0.25) is 0 Å². The lowest BCUT2D eigenvalue weighted by molar-refractivity contribution is -0.0815. The van der Waals surface area contributed by atoms with Crippen LogP contribution in [0.1, 0.15) is 81.9 Å². The number of aryl methyl sites for hydroxylation is 1. The van der Waals surface area contributed by atoms with E-state index in [1.807, 2.05) is 13.8 Å². The Bertz CT molecular complexity index is 1030. The molecule has 6 heteroatoms. The zero-order chi connectivity index (χ0) is 26.0. The fourth-order valence-electron chi connectivity index (χ4n) is 5.08. The summed E-state index contributed by atoms with van der Waals surface area (Å²) >= 11 is 0. The molecule has 4 unspecified atom stereocenters. The lowest BCUT2D eigenvalue weighted by Crippen LogP contribution is -2.24. The normalized spacial score (nSPS) is 30.4. The zero-order valence-corrected chi connectivity index (χ0v) is 23.0. The van der Waals surface area contributed by atoms with E-state index in [4.69, 9.17) is 28.4 Å². The average Bonchev–Trinajstić information content (AvgIpc) is 3.82. The Labute approximate surface area is 221 Å². The first kappa shape index (κ1) is 26.5. The summed E-state index contributed by atoms with van der Waals surface area (Å²) in [7, 11) is 0. The van der Waals surface area contributed by atoms with Crippen LogP contribution in [0.15, 0.2) is 42.5 Å². The van der Waals surface area contributed by atoms with Gasteiger partial charge in [-0.1, -0.05) is 24.3 Å². The highest BCUT2D eigenvalue weighted by Crippen LogP contribution is 2.41. The van der Waals surface area contributed by atoms with Crippen molar-refractivity contribution >= 4 is 0 Å². The van der Waals surface area contributed by atoms with Gasteiger partial charge in [0.25, 0.3) is 0 Å². The van der Waals surface area contributed by atoms with Crippen LogP contribution in [-0.2, 0) is 18.9 Å². The third-order valence-corrected chi connectivity index (χ3v) is 7.87. The van der Waals surface area contributed by atoms with Gasteiger partial charge in [-0.25, -0.2) is 0 Å². The topological polar surface area (TPSA) is 62.0 Å². The molecule has 37 heavy (non-hydrogen) atoms. The molecule has 2 aromatic carbocycles. The molecule has 1 aliphatic carbocycles. The molecule has 1 saturated carbocycles. The minimum atomic E-state index is -0.297. The highest BCUT2D eigenvalue weighted by Gasteiger charge is 2.40. The van der Waals surface area contributed by atoms with Gasteiger partial charge in [0.2, 0.25) is 0 Å². The number of hydrogen-bond donors (Lipinski definition) is 0. The molecule has 0 N–H and O–H groups in total. The summed E-state index contributed by atoms with van der Waals surface area (Å²) in [4.78, 5) is 0. The summed E-state index contributed by atoms with van der Waals surface area (Å²) in [5.74, 6) is 2.94. The minimum Gasteiger partial charge on any atom is -0.465 e. The fraction of sp³-hybridized carbons (Fsp3) is 0.613. The first-order chi connectivity index (χ1) is 17.7. The predicted molar refractivity (Wildman–Crippen MR) is 142 cm³/mol. The van der Waals surface area contributed by atoms with Crippen LogP contribution in [0.3, 0.4) is 0 Å². The quantitative estimate of drug-likeness (QED) is 0.240. The molecule has 5 rings (SSSR count). The Balaban J connectivity index is 1.07. The van der Waals surface area contributed by atoms with Gasteiger partial charge in [-0.2, -0.15) is 0 Å². The van der Waals surface area contributed by atoms with Gasteiger partial charge in [0.15, 0.2) is 12.6 Å². The monoisotopic (exact) mass is 510 g/mol. The Morgan fingerprint density at radius 1 is 0.757 bits per heavy atom. The van der Waals surface area contributed by atoms with Crippen LogP contribution >= 0.6 is 0 Å². The van der Waals surface area contributed by atoms with E-state index >= 15 is 0 Å². The molecule has 2 aliphatic heterocycles. The highest BCUT2D eigenvalue weighted by molar-refractivity contribution is 5.38. The summed E-state index contributed by atoms with van der Waals surface area (Å²) in [5.41, 5.74) is 3.74. The highest BCUT2D eigenvalue weighted by atomic mass is 16.7. The Morgan fingerprint density at radius 3 is 1.76 bits per heavy atom. The Hall–Kier alpha value is -2.12. The molecule has 0 spiro atoms. The van der Waals surface area contributed by atoms with Crippen molar-refractivity contribution in [2.75, 3.05) is 26.4 Å². The molecular weight excluding hydrogens is 468 g/mol. The van der Waals surface area contributed by atoms with Crippen molar-refractivity contribution in [1.82, 2.24) is 0 Å². The van der Waals surface area contributed by atoms with Crippen molar-refractivity contribution in [2.45, 2.75) is 95.9 Å². The van der Waals surface area contributed by atoms with E-state index in [1.54, 1.807) is 0 Å². The Kier molecular flexibility index (Phi) is 7.83. The molecule has 3 aliphatic rings. The van der Waals surface area contributed by atoms with Gasteiger partial charge in [0.05, 0.1) is 26.4 Å². The SMILES string of the molecule is Cc1cc(C2CCC(c3ccc(OC(C)OCC4(C)CO4)cc3)CC2)ccc1OC(C)OCC1(C)CO1. The number of epoxide rings is 2. The van der Waals surface area contributed by atoms with Crippen LogP contribution in [0.25, 0.3) is 0 Å². The zero-order valence-electron chi connectivity index (χ0n) is 23.0. The summed E-state index contributed by atoms with van der Waals surface area (Å²) in [5, 5.41) is 0. The average molecular weight is 511 g/mol. The van der Waals surface area contributed by atoms with Crippen molar-refractivity contribution in [3.8, 4) is 11.5 Å². The third kappa shape index (κ3) is 7.26. The standard InChI is InChI=1S/C31H42O6/c1-21-16-27(12-15-29(21)37-23(3)33-18-31(5)20-35-31)26-8-6-24(7-9-26)25-10-13-28(14-11-25)36-22(2)32-17-30(4)19-34-30/h10-16,22-24,26H,6-9,17-20H2,1-5H3. The predicted octanol–water partition coefficient (Wildman–Crippen LogP) is 6.50. The molecule has 6 nitrogen and oxygen atoms in total. The first-order valence-corrected chi connectivity index (χ1v) is 13.8. The second kappa shape index (κ2) is 10.9. The summed E-state index contributed by atoms with van der Waals surface area (Å²) in [6.07, 6.45) is 4.21. The molecule has 0 bridgehead atoms. The Morgan fingerprint density at radius 2 is 1.24 bits per heavy atom. The smallest absolute Gasteiger partial charge is 0.197 e. The maximum atomic E-state index is 6.05. The van der Waals surface area contributed by atoms with Crippen LogP contribution in [-0.4, -0.2) is 50.2 Å². The summed E-state index contributed by atoms with van der Waals surface area (Å²) in [6, 6.07) is 15.2. The van der Waals surface area contributed by atoms with E-state index < -0.39 is 0 Å². The maximum absolute atomic E-state index is 6.05. The molecule has 0 aromatic heterocycles. The van der Waals surface area contributed by atoms with Crippen molar-refractivity contribution in [3.63, 3.8) is 0 Å². The van der Waals surface area contributed by atoms with Gasteiger partial charge >= 0.3 is 0 Å².